The first-order valence-corrected chi connectivity index (χ1v) is 11.0. The number of aromatic nitrogens is 2. The summed E-state index contributed by atoms with van der Waals surface area (Å²) < 4.78 is 7.10. The third kappa shape index (κ3) is 4.32. The quantitative estimate of drug-likeness (QED) is 0.278. The van der Waals surface area contributed by atoms with Crippen LogP contribution in [-0.4, -0.2) is 25.3 Å². The number of carbonyl (C=O) groups excluding carboxylic acids is 1. The number of amides is 1. The van der Waals surface area contributed by atoms with Crippen molar-refractivity contribution < 1.29 is 14.1 Å². The van der Waals surface area contributed by atoms with Gasteiger partial charge in [-0.3, -0.25) is 24.3 Å². The molecule has 9 heteroatoms. The Bertz CT molecular complexity index is 1380. The van der Waals surface area contributed by atoms with Crippen molar-refractivity contribution in [2.75, 3.05) is 0 Å². The molecule has 2 aromatic carbocycles. The Balaban J connectivity index is 1.84. The van der Waals surface area contributed by atoms with E-state index in [2.05, 4.69) is 0 Å². The molecule has 0 saturated heterocycles. The second-order valence-corrected chi connectivity index (χ2v) is 7.78. The highest BCUT2D eigenvalue weighted by Gasteiger charge is 2.30. The van der Waals surface area contributed by atoms with Crippen LogP contribution in [0.15, 0.2) is 76.1 Å². The fourth-order valence-corrected chi connectivity index (χ4v) is 4.07. The van der Waals surface area contributed by atoms with Crippen LogP contribution in [0.1, 0.15) is 48.3 Å². The molecular formula is C25H24N4O5. The zero-order valence-electron chi connectivity index (χ0n) is 18.9. The van der Waals surface area contributed by atoms with Crippen molar-refractivity contribution in [1.29, 1.82) is 0 Å². The van der Waals surface area contributed by atoms with Crippen molar-refractivity contribution in [3.05, 3.63) is 105 Å². The van der Waals surface area contributed by atoms with Gasteiger partial charge in [-0.1, -0.05) is 19.1 Å². The van der Waals surface area contributed by atoms with E-state index in [-0.39, 0.29) is 23.7 Å². The van der Waals surface area contributed by atoms with Gasteiger partial charge in [0.1, 0.15) is 11.6 Å². The minimum atomic E-state index is -0.537. The number of nitro groups is 1. The van der Waals surface area contributed by atoms with Crippen LogP contribution in [0.5, 0.6) is 0 Å². The van der Waals surface area contributed by atoms with Crippen LogP contribution in [0.25, 0.3) is 10.9 Å². The topological polar surface area (TPSA) is 111 Å². The average molecular weight is 460 g/mol. The van der Waals surface area contributed by atoms with E-state index in [0.29, 0.717) is 41.0 Å². The summed E-state index contributed by atoms with van der Waals surface area (Å²) in [5.41, 5.74) is 0.590. The molecule has 0 spiro atoms. The molecule has 0 radical (unpaired) electrons. The molecule has 2 aromatic heterocycles. The fourth-order valence-electron chi connectivity index (χ4n) is 4.07. The lowest BCUT2D eigenvalue weighted by atomic mass is 10.1. The summed E-state index contributed by atoms with van der Waals surface area (Å²) in [5, 5.41) is 11.5. The number of carbonyl (C=O) groups is 1. The highest BCUT2D eigenvalue weighted by atomic mass is 16.6. The lowest BCUT2D eigenvalue weighted by Gasteiger charge is -2.31. The molecule has 9 nitrogen and oxygen atoms in total. The van der Waals surface area contributed by atoms with Crippen molar-refractivity contribution in [3.8, 4) is 0 Å². The van der Waals surface area contributed by atoms with Crippen LogP contribution in [0.2, 0.25) is 0 Å². The largest absolute Gasteiger partial charge is 0.467 e. The highest BCUT2D eigenvalue weighted by Crippen LogP contribution is 2.28. The number of rotatable bonds is 8. The number of non-ortho nitro benzene ring substituents is 1. The van der Waals surface area contributed by atoms with Gasteiger partial charge in [-0.05, 0) is 49.7 Å². The average Bonchev–Trinajstić information content (AvgIpc) is 3.37. The first kappa shape index (κ1) is 22.9. The van der Waals surface area contributed by atoms with Crippen LogP contribution >= 0.6 is 0 Å². The number of fused-ring (bicyclic) bond motifs is 1. The predicted molar refractivity (Wildman–Crippen MR) is 126 cm³/mol. The van der Waals surface area contributed by atoms with Crippen LogP contribution in [-0.2, 0) is 13.1 Å². The van der Waals surface area contributed by atoms with Gasteiger partial charge >= 0.3 is 0 Å². The minimum Gasteiger partial charge on any atom is -0.467 e. The number of nitro benzene ring substituents is 1. The van der Waals surface area contributed by atoms with E-state index in [4.69, 9.17) is 9.40 Å². The minimum absolute atomic E-state index is 0.0998. The Morgan fingerprint density at radius 3 is 2.47 bits per heavy atom. The molecule has 4 aromatic rings. The number of para-hydroxylation sites is 1. The van der Waals surface area contributed by atoms with Crippen LogP contribution in [0, 0.1) is 10.1 Å². The van der Waals surface area contributed by atoms with Gasteiger partial charge in [0.15, 0.2) is 0 Å². The van der Waals surface area contributed by atoms with Crippen molar-refractivity contribution in [2.45, 2.75) is 39.4 Å². The summed E-state index contributed by atoms with van der Waals surface area (Å²) >= 11 is 0. The smallest absolute Gasteiger partial charge is 0.269 e. The SMILES string of the molecule is CCC(c1nc2ccccc2c(=O)n1CC)N(Cc1ccco1)C(=O)c1ccc([N+](=O)[O-])cc1. The molecule has 0 aliphatic heterocycles. The summed E-state index contributed by atoms with van der Waals surface area (Å²) in [6.45, 7) is 4.32. The lowest BCUT2D eigenvalue weighted by Crippen LogP contribution is -2.38. The normalized spacial score (nSPS) is 11.9. The maximum absolute atomic E-state index is 13.7. The summed E-state index contributed by atoms with van der Waals surface area (Å²) in [6.07, 6.45) is 2.02. The first-order valence-electron chi connectivity index (χ1n) is 11.0. The van der Waals surface area contributed by atoms with E-state index in [0.717, 1.165) is 0 Å². The lowest BCUT2D eigenvalue weighted by molar-refractivity contribution is -0.384. The molecular weight excluding hydrogens is 436 g/mol. The summed E-state index contributed by atoms with van der Waals surface area (Å²) in [7, 11) is 0. The van der Waals surface area contributed by atoms with Gasteiger partial charge in [-0.15, -0.1) is 0 Å². The van der Waals surface area contributed by atoms with Crippen molar-refractivity contribution >= 4 is 22.5 Å². The van der Waals surface area contributed by atoms with Crippen molar-refractivity contribution in [1.82, 2.24) is 14.5 Å². The molecule has 2 heterocycles. The Labute approximate surface area is 195 Å². The Morgan fingerprint density at radius 1 is 1.12 bits per heavy atom. The molecule has 1 amide bonds. The van der Waals surface area contributed by atoms with E-state index < -0.39 is 11.0 Å². The van der Waals surface area contributed by atoms with E-state index in [1.807, 2.05) is 19.9 Å². The summed E-state index contributed by atoms with van der Waals surface area (Å²) in [6, 6.07) is 15.6. The predicted octanol–water partition coefficient (Wildman–Crippen LogP) is 4.71. The van der Waals surface area contributed by atoms with Crippen LogP contribution in [0.3, 0.4) is 0 Å². The second kappa shape index (κ2) is 9.70. The number of furan rings is 1. The van der Waals surface area contributed by atoms with Gasteiger partial charge in [-0.25, -0.2) is 4.98 Å². The van der Waals surface area contributed by atoms with Gasteiger partial charge in [-0.2, -0.15) is 0 Å². The monoisotopic (exact) mass is 460 g/mol. The number of benzene rings is 2. The maximum atomic E-state index is 13.7. The highest BCUT2D eigenvalue weighted by molar-refractivity contribution is 5.94. The Kier molecular flexibility index (Phi) is 6.53. The Morgan fingerprint density at radius 2 is 1.85 bits per heavy atom. The third-order valence-corrected chi connectivity index (χ3v) is 5.76. The maximum Gasteiger partial charge on any atom is 0.269 e. The van der Waals surface area contributed by atoms with Gasteiger partial charge in [0, 0.05) is 24.2 Å². The van der Waals surface area contributed by atoms with E-state index >= 15 is 0 Å². The molecule has 34 heavy (non-hydrogen) atoms. The molecule has 0 aliphatic carbocycles. The van der Waals surface area contributed by atoms with Gasteiger partial charge in [0.25, 0.3) is 17.2 Å². The molecule has 0 aliphatic rings. The van der Waals surface area contributed by atoms with Gasteiger partial charge in [0.05, 0.1) is 34.7 Å². The third-order valence-electron chi connectivity index (χ3n) is 5.76. The van der Waals surface area contributed by atoms with E-state index in [1.165, 1.54) is 30.5 Å². The van der Waals surface area contributed by atoms with Crippen molar-refractivity contribution in [2.24, 2.45) is 0 Å². The van der Waals surface area contributed by atoms with Gasteiger partial charge < -0.3 is 9.32 Å². The molecule has 0 fully saturated rings. The molecule has 4 rings (SSSR count). The number of hydrogen-bond donors (Lipinski definition) is 0. The molecule has 0 N–H and O–H groups in total. The van der Waals surface area contributed by atoms with E-state index in [1.54, 1.807) is 39.8 Å². The fraction of sp³-hybridized carbons (Fsp3) is 0.240. The number of nitrogens with zero attached hydrogens (tertiary/aromatic N) is 4. The molecule has 0 saturated carbocycles. The Hall–Kier alpha value is -4.27. The van der Waals surface area contributed by atoms with Gasteiger partial charge in [0.2, 0.25) is 0 Å². The van der Waals surface area contributed by atoms with Crippen molar-refractivity contribution in [3.63, 3.8) is 0 Å². The molecule has 174 valence electrons. The van der Waals surface area contributed by atoms with Crippen LogP contribution in [0.4, 0.5) is 5.69 Å². The molecule has 1 atom stereocenters. The standard InChI is InChI=1S/C25H24N4O5/c1-3-22(23-26-21-10-6-5-9-20(21)25(31)27(23)4-2)28(16-19-8-7-15-34-19)24(30)17-11-13-18(14-12-17)29(32)33/h5-15,22H,3-4,16H2,1-2H3. The van der Waals surface area contributed by atoms with E-state index in [9.17, 15) is 19.7 Å². The second-order valence-electron chi connectivity index (χ2n) is 7.78. The summed E-state index contributed by atoms with van der Waals surface area (Å²) in [4.78, 5) is 43.8. The summed E-state index contributed by atoms with van der Waals surface area (Å²) in [5.74, 6) is 0.707. The number of hydrogen-bond acceptors (Lipinski definition) is 6. The first-order chi connectivity index (χ1) is 16.4. The molecule has 1 unspecified atom stereocenters. The zero-order valence-corrected chi connectivity index (χ0v) is 18.9. The zero-order chi connectivity index (χ0) is 24.2. The molecule has 0 bridgehead atoms. The van der Waals surface area contributed by atoms with Crippen LogP contribution < -0.4 is 5.56 Å².